The highest BCUT2D eigenvalue weighted by molar-refractivity contribution is 9.10. The number of aromatic nitrogens is 2. The molecule has 1 heterocycles. The highest BCUT2D eigenvalue weighted by atomic mass is 79.9. The van der Waals surface area contributed by atoms with Crippen LogP contribution in [0, 0.1) is 6.92 Å². The van der Waals surface area contributed by atoms with Crippen LogP contribution in [0.3, 0.4) is 0 Å². The standard InChI is InChI=1S/C20H24BrN3O2/c1-6-26-20(25)16-10-15(11(2)3)23-19(24-16)18(13(5)22)17-12(4)8-7-9-14(17)21/h7-11H,6,22H2,1-5H3. The zero-order valence-electron chi connectivity index (χ0n) is 15.8. The van der Waals surface area contributed by atoms with Crippen molar-refractivity contribution >= 4 is 27.5 Å². The van der Waals surface area contributed by atoms with Crippen LogP contribution < -0.4 is 5.73 Å². The predicted molar refractivity (Wildman–Crippen MR) is 107 cm³/mol. The average molecular weight is 418 g/mol. The summed E-state index contributed by atoms with van der Waals surface area (Å²) in [6.45, 7) is 9.90. The Morgan fingerprint density at radius 2 is 2.00 bits per heavy atom. The number of hydrogen-bond acceptors (Lipinski definition) is 5. The van der Waals surface area contributed by atoms with Crippen LogP contribution in [0.4, 0.5) is 0 Å². The van der Waals surface area contributed by atoms with E-state index in [0.29, 0.717) is 17.1 Å². The molecule has 0 saturated heterocycles. The summed E-state index contributed by atoms with van der Waals surface area (Å²) in [6.07, 6.45) is 0. The second-order valence-electron chi connectivity index (χ2n) is 6.37. The number of allylic oxidation sites excluding steroid dienone is 1. The first-order valence-corrected chi connectivity index (χ1v) is 9.33. The summed E-state index contributed by atoms with van der Waals surface area (Å²) in [7, 11) is 0. The lowest BCUT2D eigenvalue weighted by Gasteiger charge is -2.16. The molecule has 0 amide bonds. The molecular formula is C20H24BrN3O2. The van der Waals surface area contributed by atoms with Crippen LogP contribution >= 0.6 is 15.9 Å². The van der Waals surface area contributed by atoms with E-state index >= 15 is 0 Å². The maximum absolute atomic E-state index is 12.3. The molecule has 138 valence electrons. The molecule has 0 spiro atoms. The summed E-state index contributed by atoms with van der Waals surface area (Å²) in [6, 6.07) is 7.59. The Hall–Kier alpha value is -2.21. The number of rotatable bonds is 5. The quantitative estimate of drug-likeness (QED) is 0.719. The molecule has 0 aliphatic carbocycles. The fourth-order valence-corrected chi connectivity index (χ4v) is 3.28. The average Bonchev–Trinajstić information content (AvgIpc) is 2.57. The fraction of sp³-hybridized carbons (Fsp3) is 0.350. The minimum absolute atomic E-state index is 0.129. The van der Waals surface area contributed by atoms with Gasteiger partial charge in [-0.05, 0) is 44.4 Å². The van der Waals surface area contributed by atoms with E-state index in [2.05, 4.69) is 25.9 Å². The van der Waals surface area contributed by atoms with E-state index in [4.69, 9.17) is 10.5 Å². The van der Waals surface area contributed by atoms with E-state index in [1.54, 1.807) is 13.0 Å². The van der Waals surface area contributed by atoms with E-state index in [0.717, 1.165) is 21.3 Å². The lowest BCUT2D eigenvalue weighted by Crippen LogP contribution is -2.14. The van der Waals surface area contributed by atoms with Gasteiger partial charge in [-0.15, -0.1) is 0 Å². The van der Waals surface area contributed by atoms with Crippen molar-refractivity contribution in [1.29, 1.82) is 0 Å². The van der Waals surface area contributed by atoms with E-state index in [9.17, 15) is 4.79 Å². The predicted octanol–water partition coefficient (Wildman–Crippen LogP) is 4.59. The first-order chi connectivity index (χ1) is 12.3. The number of esters is 1. The molecule has 0 aliphatic heterocycles. The van der Waals surface area contributed by atoms with Gasteiger partial charge in [0.1, 0.15) is 0 Å². The van der Waals surface area contributed by atoms with Crippen LogP contribution in [0.25, 0.3) is 5.57 Å². The zero-order valence-corrected chi connectivity index (χ0v) is 17.3. The molecule has 0 saturated carbocycles. The van der Waals surface area contributed by atoms with Crippen LogP contribution in [0.5, 0.6) is 0 Å². The molecule has 0 bridgehead atoms. The molecule has 2 N–H and O–H groups in total. The number of carbonyl (C=O) groups excluding carboxylic acids is 1. The maximum atomic E-state index is 12.3. The van der Waals surface area contributed by atoms with Crippen molar-refractivity contribution < 1.29 is 9.53 Å². The van der Waals surface area contributed by atoms with Gasteiger partial charge >= 0.3 is 5.97 Å². The minimum atomic E-state index is -0.462. The molecular weight excluding hydrogens is 394 g/mol. The van der Waals surface area contributed by atoms with Gasteiger partial charge in [0.25, 0.3) is 0 Å². The van der Waals surface area contributed by atoms with Crippen molar-refractivity contribution in [2.75, 3.05) is 6.61 Å². The largest absolute Gasteiger partial charge is 0.461 e. The first kappa shape index (κ1) is 20.1. The normalized spacial score (nSPS) is 12.1. The highest BCUT2D eigenvalue weighted by Crippen LogP contribution is 2.32. The molecule has 0 unspecified atom stereocenters. The van der Waals surface area contributed by atoms with Crippen molar-refractivity contribution in [3.05, 3.63) is 62.8 Å². The molecule has 6 heteroatoms. The van der Waals surface area contributed by atoms with Crippen LogP contribution in [0.15, 0.2) is 34.4 Å². The Morgan fingerprint density at radius 3 is 2.54 bits per heavy atom. The summed E-state index contributed by atoms with van der Waals surface area (Å²) in [5.41, 5.74) is 10.5. The number of carbonyl (C=O) groups is 1. The van der Waals surface area contributed by atoms with Crippen molar-refractivity contribution in [3.8, 4) is 0 Å². The molecule has 0 radical (unpaired) electrons. The van der Waals surface area contributed by atoms with Gasteiger partial charge in [-0.1, -0.05) is 41.9 Å². The fourth-order valence-electron chi connectivity index (χ4n) is 2.62. The van der Waals surface area contributed by atoms with Gasteiger partial charge in [0, 0.05) is 27.0 Å². The maximum Gasteiger partial charge on any atom is 0.357 e. The Kier molecular flexibility index (Phi) is 6.53. The molecule has 1 aromatic heterocycles. The summed E-state index contributed by atoms with van der Waals surface area (Å²) in [5, 5.41) is 0. The van der Waals surface area contributed by atoms with Crippen LogP contribution in [-0.2, 0) is 4.74 Å². The number of nitrogens with two attached hydrogens (primary N) is 1. The highest BCUT2D eigenvalue weighted by Gasteiger charge is 2.21. The Bertz CT molecular complexity index is 836. The van der Waals surface area contributed by atoms with Crippen molar-refractivity contribution in [2.45, 2.75) is 40.5 Å². The van der Waals surface area contributed by atoms with Gasteiger partial charge in [0.05, 0.1) is 6.61 Å². The zero-order chi connectivity index (χ0) is 19.4. The molecule has 1 aromatic carbocycles. The number of ether oxygens (including phenoxy) is 1. The minimum Gasteiger partial charge on any atom is -0.461 e. The lowest BCUT2D eigenvalue weighted by atomic mass is 9.98. The SMILES string of the molecule is CCOC(=O)c1cc(C(C)C)nc(C(=C(C)N)c2c(C)cccc2Br)n1. The Balaban J connectivity index is 2.74. The van der Waals surface area contributed by atoms with E-state index in [-0.39, 0.29) is 18.2 Å². The molecule has 26 heavy (non-hydrogen) atoms. The summed E-state index contributed by atoms with van der Waals surface area (Å²) < 4.78 is 6.02. The van der Waals surface area contributed by atoms with E-state index in [1.165, 1.54) is 0 Å². The monoisotopic (exact) mass is 417 g/mol. The molecule has 0 atom stereocenters. The molecule has 2 aromatic rings. The van der Waals surface area contributed by atoms with Gasteiger partial charge < -0.3 is 10.5 Å². The number of hydrogen-bond donors (Lipinski definition) is 1. The topological polar surface area (TPSA) is 78.1 Å². The number of nitrogens with zero attached hydrogens (tertiary/aromatic N) is 2. The number of aryl methyl sites for hydroxylation is 1. The second kappa shape index (κ2) is 8.45. The van der Waals surface area contributed by atoms with Crippen molar-refractivity contribution in [3.63, 3.8) is 0 Å². The van der Waals surface area contributed by atoms with E-state index in [1.807, 2.05) is 45.9 Å². The smallest absolute Gasteiger partial charge is 0.357 e. The molecule has 0 fully saturated rings. The third-order valence-electron chi connectivity index (χ3n) is 3.91. The lowest BCUT2D eigenvalue weighted by molar-refractivity contribution is 0.0519. The van der Waals surface area contributed by atoms with Gasteiger partial charge in [-0.25, -0.2) is 14.8 Å². The van der Waals surface area contributed by atoms with Gasteiger partial charge in [0.2, 0.25) is 0 Å². The second-order valence-corrected chi connectivity index (χ2v) is 7.22. The summed E-state index contributed by atoms with van der Waals surface area (Å²) in [4.78, 5) is 21.4. The molecule has 5 nitrogen and oxygen atoms in total. The number of halogens is 1. The summed E-state index contributed by atoms with van der Waals surface area (Å²) in [5.74, 6) is 0.0924. The van der Waals surface area contributed by atoms with Gasteiger partial charge in [-0.2, -0.15) is 0 Å². The Morgan fingerprint density at radius 1 is 1.31 bits per heavy atom. The van der Waals surface area contributed by atoms with Crippen molar-refractivity contribution in [2.24, 2.45) is 5.73 Å². The molecule has 0 aliphatic rings. The van der Waals surface area contributed by atoms with Gasteiger partial charge in [-0.3, -0.25) is 0 Å². The van der Waals surface area contributed by atoms with Gasteiger partial charge in [0.15, 0.2) is 11.5 Å². The van der Waals surface area contributed by atoms with Crippen LogP contribution in [-0.4, -0.2) is 22.5 Å². The third-order valence-corrected chi connectivity index (χ3v) is 4.57. The van der Waals surface area contributed by atoms with Crippen LogP contribution in [0.1, 0.15) is 66.7 Å². The third kappa shape index (κ3) is 4.30. The van der Waals surface area contributed by atoms with E-state index < -0.39 is 5.97 Å². The summed E-state index contributed by atoms with van der Waals surface area (Å²) >= 11 is 3.60. The van der Waals surface area contributed by atoms with Crippen LogP contribution in [0.2, 0.25) is 0 Å². The first-order valence-electron chi connectivity index (χ1n) is 8.54. The molecule has 2 rings (SSSR count). The number of benzene rings is 1. The Labute approximate surface area is 162 Å². The van der Waals surface area contributed by atoms with Crippen molar-refractivity contribution in [1.82, 2.24) is 9.97 Å².